The molecule has 4 atom stereocenters. The van der Waals surface area contributed by atoms with Crippen LogP contribution in [0.25, 0.3) is 0 Å². The molecule has 1 aliphatic carbocycles. The third-order valence-corrected chi connectivity index (χ3v) is 4.72. The molecule has 1 aromatic carbocycles. The third kappa shape index (κ3) is 3.14. The van der Waals surface area contributed by atoms with Crippen LogP contribution in [0.5, 0.6) is 5.75 Å². The highest BCUT2D eigenvalue weighted by Crippen LogP contribution is 2.39. The van der Waals surface area contributed by atoms with Crippen LogP contribution in [0, 0.1) is 11.8 Å². The number of rotatable bonds is 3. The number of para-hydroxylation sites is 1. The van der Waals surface area contributed by atoms with E-state index in [-0.39, 0.29) is 19.2 Å². The van der Waals surface area contributed by atoms with Gasteiger partial charge in [-0.15, -0.1) is 0 Å². The van der Waals surface area contributed by atoms with Crippen LogP contribution < -0.4 is 4.74 Å². The van der Waals surface area contributed by atoms with E-state index >= 15 is 0 Å². The van der Waals surface area contributed by atoms with Crippen LogP contribution in [-0.4, -0.2) is 12.9 Å². The highest BCUT2D eigenvalue weighted by molar-refractivity contribution is 5.35. The van der Waals surface area contributed by atoms with Crippen molar-refractivity contribution in [1.29, 1.82) is 0 Å². The summed E-state index contributed by atoms with van der Waals surface area (Å²) in [6.45, 7) is 8.76. The highest BCUT2D eigenvalue weighted by atomic mass is 16.8. The summed E-state index contributed by atoms with van der Waals surface area (Å²) in [4.78, 5) is 0. The molecule has 21 heavy (non-hydrogen) atoms. The first kappa shape index (κ1) is 14.6. The van der Waals surface area contributed by atoms with Crippen molar-refractivity contribution in [2.75, 3.05) is 6.79 Å². The highest BCUT2D eigenvalue weighted by Gasteiger charge is 2.33. The Kier molecular flexibility index (Phi) is 4.32. The quantitative estimate of drug-likeness (QED) is 0.769. The zero-order valence-electron chi connectivity index (χ0n) is 12.9. The van der Waals surface area contributed by atoms with E-state index in [2.05, 4.69) is 20.4 Å². The van der Waals surface area contributed by atoms with Crippen LogP contribution in [-0.2, 0) is 9.47 Å². The van der Waals surface area contributed by atoms with E-state index < -0.39 is 0 Å². The van der Waals surface area contributed by atoms with Crippen LogP contribution in [0.4, 0.5) is 0 Å². The average molecular weight is 288 g/mol. The second-order valence-corrected chi connectivity index (χ2v) is 6.31. The van der Waals surface area contributed by atoms with Crippen LogP contribution in [0.3, 0.4) is 0 Å². The number of benzene rings is 1. The zero-order chi connectivity index (χ0) is 14.8. The van der Waals surface area contributed by atoms with Gasteiger partial charge in [-0.2, -0.15) is 0 Å². The molecule has 3 nitrogen and oxygen atoms in total. The zero-order valence-corrected chi connectivity index (χ0v) is 12.9. The van der Waals surface area contributed by atoms with Crippen molar-refractivity contribution >= 4 is 0 Å². The Morgan fingerprint density at radius 1 is 1.29 bits per heavy atom. The van der Waals surface area contributed by atoms with Gasteiger partial charge in [0.05, 0.1) is 11.7 Å². The molecule has 114 valence electrons. The Labute approximate surface area is 126 Å². The molecule has 0 bridgehead atoms. The molecular formula is C18H24O3. The van der Waals surface area contributed by atoms with E-state index in [9.17, 15) is 0 Å². The van der Waals surface area contributed by atoms with Crippen LogP contribution in [0.1, 0.15) is 45.0 Å². The molecule has 1 aromatic rings. The maximum Gasteiger partial charge on any atom is 0.192 e. The minimum Gasteiger partial charge on any atom is -0.467 e. The van der Waals surface area contributed by atoms with Crippen molar-refractivity contribution in [2.45, 2.75) is 45.5 Å². The summed E-state index contributed by atoms with van der Waals surface area (Å²) in [7, 11) is 0. The lowest BCUT2D eigenvalue weighted by Crippen LogP contribution is -2.33. The van der Waals surface area contributed by atoms with Gasteiger partial charge in [0.1, 0.15) is 5.75 Å². The Bertz CT molecular complexity index is 511. The van der Waals surface area contributed by atoms with Gasteiger partial charge in [-0.3, -0.25) is 0 Å². The van der Waals surface area contributed by atoms with Crippen molar-refractivity contribution < 1.29 is 14.2 Å². The number of hydrogen-bond donors (Lipinski definition) is 0. The van der Waals surface area contributed by atoms with Gasteiger partial charge in [0.15, 0.2) is 13.1 Å². The molecule has 1 saturated carbocycles. The Morgan fingerprint density at radius 3 is 2.90 bits per heavy atom. The standard InChI is InChI=1S/C18H24O3/c1-12(2)14-9-8-13(3)17(10-14)21-18-15-6-4-5-7-16(15)19-11-20-18/h4-7,13-14,17-18H,1,8-11H2,2-3H3. The van der Waals surface area contributed by atoms with Gasteiger partial charge in [0.2, 0.25) is 0 Å². The minimum atomic E-state index is -0.314. The summed E-state index contributed by atoms with van der Waals surface area (Å²) in [6, 6.07) is 7.95. The van der Waals surface area contributed by atoms with Gasteiger partial charge in [-0.1, -0.05) is 37.3 Å². The Balaban J connectivity index is 1.72. The normalized spacial score (nSPS) is 32.1. The Morgan fingerprint density at radius 2 is 2.10 bits per heavy atom. The fraction of sp³-hybridized carbons (Fsp3) is 0.556. The SMILES string of the molecule is C=C(C)C1CCC(C)C(OC2OCOc3ccccc32)C1. The lowest BCUT2D eigenvalue weighted by atomic mass is 9.78. The summed E-state index contributed by atoms with van der Waals surface area (Å²) < 4.78 is 17.5. The second kappa shape index (κ2) is 6.20. The molecule has 0 saturated heterocycles. The predicted molar refractivity (Wildman–Crippen MR) is 82.0 cm³/mol. The van der Waals surface area contributed by atoms with Crippen molar-refractivity contribution in [3.63, 3.8) is 0 Å². The van der Waals surface area contributed by atoms with Gasteiger partial charge in [0.25, 0.3) is 0 Å². The lowest BCUT2D eigenvalue weighted by molar-refractivity contribution is -0.228. The van der Waals surface area contributed by atoms with E-state index in [1.54, 1.807) is 0 Å². The molecule has 0 radical (unpaired) electrons. The largest absolute Gasteiger partial charge is 0.467 e. The van der Waals surface area contributed by atoms with Gasteiger partial charge < -0.3 is 14.2 Å². The van der Waals surface area contributed by atoms with Gasteiger partial charge in [-0.25, -0.2) is 0 Å². The molecule has 1 aliphatic heterocycles. The van der Waals surface area contributed by atoms with E-state index in [4.69, 9.17) is 14.2 Å². The molecule has 2 aliphatic rings. The molecule has 0 spiro atoms. The molecular weight excluding hydrogens is 264 g/mol. The first-order chi connectivity index (χ1) is 10.1. The van der Waals surface area contributed by atoms with Crippen LogP contribution in [0.15, 0.2) is 36.4 Å². The number of allylic oxidation sites excluding steroid dienone is 1. The minimum absolute atomic E-state index is 0.219. The molecule has 4 unspecified atom stereocenters. The Hall–Kier alpha value is -1.32. The van der Waals surface area contributed by atoms with Crippen molar-refractivity contribution in [2.24, 2.45) is 11.8 Å². The van der Waals surface area contributed by atoms with Crippen molar-refractivity contribution in [3.05, 3.63) is 42.0 Å². The number of hydrogen-bond acceptors (Lipinski definition) is 3. The molecule has 1 fully saturated rings. The average Bonchev–Trinajstić information content (AvgIpc) is 2.49. The topological polar surface area (TPSA) is 27.7 Å². The van der Waals surface area contributed by atoms with Gasteiger partial charge >= 0.3 is 0 Å². The number of fused-ring (bicyclic) bond motifs is 1. The summed E-state index contributed by atoms with van der Waals surface area (Å²) >= 11 is 0. The summed E-state index contributed by atoms with van der Waals surface area (Å²) in [6.07, 6.45) is 3.36. The molecule has 3 heteroatoms. The third-order valence-electron chi connectivity index (χ3n) is 4.72. The van der Waals surface area contributed by atoms with E-state index in [0.717, 1.165) is 17.7 Å². The molecule has 0 aromatic heterocycles. The lowest BCUT2D eigenvalue weighted by Gasteiger charge is -2.37. The first-order valence-electron chi connectivity index (χ1n) is 7.79. The van der Waals surface area contributed by atoms with Gasteiger partial charge in [-0.05, 0) is 44.1 Å². The van der Waals surface area contributed by atoms with E-state index in [0.29, 0.717) is 11.8 Å². The smallest absolute Gasteiger partial charge is 0.192 e. The first-order valence-corrected chi connectivity index (χ1v) is 7.79. The van der Waals surface area contributed by atoms with E-state index in [1.165, 1.54) is 18.4 Å². The summed E-state index contributed by atoms with van der Waals surface area (Å²) in [5.41, 5.74) is 2.26. The number of ether oxygens (including phenoxy) is 3. The fourth-order valence-electron chi connectivity index (χ4n) is 3.24. The van der Waals surface area contributed by atoms with Crippen LogP contribution in [0.2, 0.25) is 0 Å². The summed E-state index contributed by atoms with van der Waals surface area (Å²) in [5.74, 6) is 1.99. The van der Waals surface area contributed by atoms with E-state index in [1.807, 2.05) is 24.3 Å². The molecule has 1 heterocycles. The second-order valence-electron chi connectivity index (χ2n) is 6.31. The maximum atomic E-state index is 6.31. The fourth-order valence-corrected chi connectivity index (χ4v) is 3.24. The van der Waals surface area contributed by atoms with Crippen molar-refractivity contribution in [3.8, 4) is 5.75 Å². The monoisotopic (exact) mass is 288 g/mol. The van der Waals surface area contributed by atoms with Gasteiger partial charge in [0, 0.05) is 0 Å². The van der Waals surface area contributed by atoms with Crippen LogP contribution >= 0.6 is 0 Å². The predicted octanol–water partition coefficient (Wildman–Crippen LogP) is 4.45. The molecule has 3 rings (SSSR count). The van der Waals surface area contributed by atoms with Crippen molar-refractivity contribution in [1.82, 2.24) is 0 Å². The maximum absolute atomic E-state index is 6.31. The summed E-state index contributed by atoms with van der Waals surface area (Å²) in [5, 5.41) is 0. The molecule has 0 amide bonds. The molecule has 0 N–H and O–H groups in total.